The van der Waals surface area contributed by atoms with Gasteiger partial charge < -0.3 is 21.1 Å². The lowest BCUT2D eigenvalue weighted by Gasteiger charge is -2.33. The number of nitrogens with zero attached hydrogens (tertiary/aromatic N) is 6. The standard InChI is InChI=1S/C18H25N5.C11H11N3O/c1-14-7-10-22(11-14)9-2-3-17-19-8-6-18(21-17)23-12-15-4-5-16(13-23)20-15;1-7-6-9(13-14-11(7)12)8-4-2-3-5-10(8)15/h6,8,14-16,20H,4-5,7,9-13H2,1H3;2-6,15H,1H3,(H2,12,14). The van der Waals surface area contributed by atoms with Crippen LogP contribution in [0.4, 0.5) is 11.6 Å². The van der Waals surface area contributed by atoms with E-state index in [1.807, 2.05) is 25.3 Å². The molecule has 3 aromatic rings. The van der Waals surface area contributed by atoms with Gasteiger partial charge in [-0.05, 0) is 74.4 Å². The number of nitrogen functional groups attached to an aromatic ring is 1. The molecule has 2 bridgehead atoms. The molecule has 0 amide bonds. The second-order valence-electron chi connectivity index (χ2n) is 10.5. The van der Waals surface area contributed by atoms with Gasteiger partial charge in [0.15, 0.2) is 0 Å². The Kier molecular flexibility index (Phi) is 8.01. The lowest BCUT2D eigenvalue weighted by molar-refractivity contribution is 0.369. The second kappa shape index (κ2) is 11.8. The molecule has 1 aromatic carbocycles. The number of fused-ring (bicyclic) bond motifs is 2. The van der Waals surface area contributed by atoms with Gasteiger partial charge in [0.2, 0.25) is 5.82 Å². The number of para-hydroxylation sites is 1. The van der Waals surface area contributed by atoms with Crippen LogP contribution in [-0.2, 0) is 0 Å². The number of nitrogens with two attached hydrogens (primary N) is 1. The molecule has 3 unspecified atom stereocenters. The number of rotatable bonds is 3. The average molecular weight is 513 g/mol. The maximum Gasteiger partial charge on any atom is 0.206 e. The molecule has 3 aliphatic rings. The maximum atomic E-state index is 9.63. The fraction of sp³-hybridized carbons (Fsp3) is 0.448. The molecule has 6 rings (SSSR count). The first-order valence-electron chi connectivity index (χ1n) is 13.4. The van der Waals surface area contributed by atoms with Crippen LogP contribution in [0.25, 0.3) is 11.3 Å². The predicted octanol–water partition coefficient (Wildman–Crippen LogP) is 2.85. The predicted molar refractivity (Wildman–Crippen MR) is 150 cm³/mol. The summed E-state index contributed by atoms with van der Waals surface area (Å²) in [6, 6.07) is 12.1. The van der Waals surface area contributed by atoms with Crippen LogP contribution in [0.2, 0.25) is 0 Å². The normalized spacial score (nSPS) is 22.4. The molecule has 9 nitrogen and oxygen atoms in total. The third-order valence-electron chi connectivity index (χ3n) is 7.39. The van der Waals surface area contributed by atoms with Crippen molar-refractivity contribution in [2.24, 2.45) is 5.92 Å². The van der Waals surface area contributed by atoms with Crippen LogP contribution in [0, 0.1) is 24.7 Å². The monoisotopic (exact) mass is 512 g/mol. The van der Waals surface area contributed by atoms with Crippen LogP contribution in [0.1, 0.15) is 37.6 Å². The van der Waals surface area contributed by atoms with Crippen molar-refractivity contribution in [1.82, 2.24) is 30.4 Å². The van der Waals surface area contributed by atoms with Crippen molar-refractivity contribution in [3.8, 4) is 28.8 Å². The number of aryl methyl sites for hydroxylation is 1. The van der Waals surface area contributed by atoms with Gasteiger partial charge in [-0.25, -0.2) is 9.97 Å². The Bertz CT molecular complexity index is 1310. The van der Waals surface area contributed by atoms with Crippen molar-refractivity contribution in [3.63, 3.8) is 0 Å². The van der Waals surface area contributed by atoms with Crippen LogP contribution < -0.4 is 16.0 Å². The van der Waals surface area contributed by atoms with Crippen molar-refractivity contribution >= 4 is 11.6 Å². The topological polar surface area (TPSA) is 116 Å². The molecule has 0 aliphatic carbocycles. The van der Waals surface area contributed by atoms with Crippen LogP contribution in [0.5, 0.6) is 5.75 Å². The quantitative estimate of drug-likeness (QED) is 0.456. The van der Waals surface area contributed by atoms with E-state index in [0.29, 0.717) is 35.0 Å². The zero-order valence-electron chi connectivity index (χ0n) is 22.1. The van der Waals surface area contributed by atoms with E-state index in [1.165, 1.54) is 32.4 Å². The summed E-state index contributed by atoms with van der Waals surface area (Å²) < 4.78 is 0. The molecule has 38 heavy (non-hydrogen) atoms. The molecule has 2 aromatic heterocycles. The molecule has 3 saturated heterocycles. The summed E-state index contributed by atoms with van der Waals surface area (Å²) in [5.41, 5.74) is 7.70. The number of hydrogen-bond donors (Lipinski definition) is 3. The number of aromatic hydroxyl groups is 1. The van der Waals surface area contributed by atoms with E-state index in [9.17, 15) is 5.11 Å². The number of piperazine rings is 1. The number of phenolic OH excluding ortho intramolecular Hbond substituents is 1. The van der Waals surface area contributed by atoms with E-state index < -0.39 is 0 Å². The fourth-order valence-electron chi connectivity index (χ4n) is 5.29. The van der Waals surface area contributed by atoms with E-state index in [-0.39, 0.29) is 5.75 Å². The van der Waals surface area contributed by atoms with E-state index in [4.69, 9.17) is 5.73 Å². The van der Waals surface area contributed by atoms with Gasteiger partial charge in [-0.1, -0.05) is 25.0 Å². The second-order valence-corrected chi connectivity index (χ2v) is 10.5. The molecule has 3 fully saturated rings. The smallest absolute Gasteiger partial charge is 0.206 e. The minimum atomic E-state index is 0.191. The van der Waals surface area contributed by atoms with Gasteiger partial charge in [0.25, 0.3) is 0 Å². The summed E-state index contributed by atoms with van der Waals surface area (Å²) >= 11 is 0. The van der Waals surface area contributed by atoms with Crippen molar-refractivity contribution < 1.29 is 5.11 Å². The molecule has 0 radical (unpaired) electrons. The van der Waals surface area contributed by atoms with Crippen LogP contribution in [0.3, 0.4) is 0 Å². The number of nitrogens with one attached hydrogen (secondary N) is 1. The SMILES string of the molecule is CC1CCN(CC#Cc2nccc(N3CC4CCC(C3)N4)n2)C1.Cc1cc(-c2ccccc2O)nnc1N. The summed E-state index contributed by atoms with van der Waals surface area (Å²) in [7, 11) is 0. The van der Waals surface area contributed by atoms with Crippen LogP contribution >= 0.6 is 0 Å². The minimum Gasteiger partial charge on any atom is -0.507 e. The first-order valence-corrected chi connectivity index (χ1v) is 13.4. The number of anilines is 2. The Morgan fingerprint density at radius 1 is 1.08 bits per heavy atom. The van der Waals surface area contributed by atoms with E-state index in [1.54, 1.807) is 24.3 Å². The maximum absolute atomic E-state index is 9.63. The highest BCUT2D eigenvalue weighted by atomic mass is 16.3. The molecule has 0 spiro atoms. The molecule has 0 saturated carbocycles. The van der Waals surface area contributed by atoms with Gasteiger partial charge in [0.1, 0.15) is 17.4 Å². The molecule has 3 atom stereocenters. The molecule has 5 heterocycles. The van der Waals surface area contributed by atoms with Crippen LogP contribution in [-0.4, -0.2) is 75.0 Å². The first-order chi connectivity index (χ1) is 18.4. The highest BCUT2D eigenvalue weighted by Crippen LogP contribution is 2.27. The highest BCUT2D eigenvalue weighted by molar-refractivity contribution is 5.67. The van der Waals surface area contributed by atoms with E-state index >= 15 is 0 Å². The molecular formula is C29H36N8O. The third kappa shape index (κ3) is 6.39. The van der Waals surface area contributed by atoms with E-state index in [2.05, 4.69) is 54.0 Å². The van der Waals surface area contributed by atoms with Gasteiger partial charge in [-0.3, -0.25) is 4.90 Å². The highest BCUT2D eigenvalue weighted by Gasteiger charge is 2.32. The molecule has 3 aliphatic heterocycles. The summed E-state index contributed by atoms with van der Waals surface area (Å²) in [4.78, 5) is 13.8. The summed E-state index contributed by atoms with van der Waals surface area (Å²) in [6.07, 6.45) is 5.70. The Labute approximate surface area is 224 Å². The lowest BCUT2D eigenvalue weighted by atomic mass is 10.1. The van der Waals surface area contributed by atoms with Gasteiger partial charge in [-0.15, -0.1) is 10.2 Å². The molecule has 4 N–H and O–H groups in total. The Morgan fingerprint density at radius 3 is 2.58 bits per heavy atom. The van der Waals surface area contributed by atoms with Gasteiger partial charge in [0, 0.05) is 43.5 Å². The Balaban J connectivity index is 0.000000170. The molecule has 198 valence electrons. The summed E-state index contributed by atoms with van der Waals surface area (Å²) in [6.45, 7) is 9.42. The zero-order chi connectivity index (χ0) is 26.5. The number of phenols is 1. The fourth-order valence-corrected chi connectivity index (χ4v) is 5.29. The Hall–Kier alpha value is -3.74. The zero-order valence-corrected chi connectivity index (χ0v) is 22.1. The number of aromatic nitrogens is 4. The number of likely N-dealkylation sites (tertiary alicyclic amines) is 1. The molecule has 9 heteroatoms. The van der Waals surface area contributed by atoms with Crippen molar-refractivity contribution in [2.45, 2.75) is 45.2 Å². The largest absolute Gasteiger partial charge is 0.507 e. The van der Waals surface area contributed by atoms with Gasteiger partial charge >= 0.3 is 0 Å². The first kappa shape index (κ1) is 25.9. The van der Waals surface area contributed by atoms with Crippen LogP contribution in [0.15, 0.2) is 42.6 Å². The van der Waals surface area contributed by atoms with Gasteiger partial charge in [0.05, 0.1) is 12.2 Å². The lowest BCUT2D eigenvalue weighted by Crippen LogP contribution is -2.51. The van der Waals surface area contributed by atoms with Crippen molar-refractivity contribution in [2.75, 3.05) is 43.4 Å². The summed E-state index contributed by atoms with van der Waals surface area (Å²) in [5, 5.41) is 21.0. The molecular weight excluding hydrogens is 476 g/mol. The van der Waals surface area contributed by atoms with Crippen molar-refractivity contribution in [3.05, 3.63) is 54.0 Å². The Morgan fingerprint density at radius 2 is 1.87 bits per heavy atom. The average Bonchev–Trinajstić information content (AvgIpc) is 3.50. The van der Waals surface area contributed by atoms with E-state index in [0.717, 1.165) is 36.9 Å². The number of benzene rings is 1. The van der Waals surface area contributed by atoms with Gasteiger partial charge in [-0.2, -0.15) is 0 Å². The van der Waals surface area contributed by atoms with Crippen molar-refractivity contribution in [1.29, 1.82) is 0 Å². The number of hydrogen-bond acceptors (Lipinski definition) is 9. The minimum absolute atomic E-state index is 0.191. The third-order valence-corrected chi connectivity index (χ3v) is 7.39. The summed E-state index contributed by atoms with van der Waals surface area (Å²) in [5.74, 6) is 9.48.